The van der Waals surface area contributed by atoms with Crippen molar-refractivity contribution in [1.82, 2.24) is 0 Å². The molecule has 0 saturated carbocycles. The van der Waals surface area contributed by atoms with Gasteiger partial charge in [-0.25, -0.2) is 5.53 Å². The largest absolute Gasteiger partial charge is 0.210 e. The molecule has 12 heavy (non-hydrogen) atoms. The molecule has 2 heteroatoms. The predicted molar refractivity (Wildman–Crippen MR) is 52.5 cm³/mol. The minimum atomic E-state index is 0.198. The first kappa shape index (κ1) is 11.6. The zero-order chi connectivity index (χ0) is 9.56. The SMILES string of the molecule is CCCC(C)CC(C)C(C)N=N. The Morgan fingerprint density at radius 3 is 2.25 bits per heavy atom. The molecule has 1 N–H and O–H groups in total. The molecule has 0 aromatic carbocycles. The van der Waals surface area contributed by atoms with E-state index in [4.69, 9.17) is 5.53 Å². The van der Waals surface area contributed by atoms with E-state index in [1.54, 1.807) is 0 Å². The van der Waals surface area contributed by atoms with E-state index >= 15 is 0 Å². The van der Waals surface area contributed by atoms with Gasteiger partial charge in [-0.3, -0.25) is 0 Å². The average molecular weight is 170 g/mol. The van der Waals surface area contributed by atoms with Crippen molar-refractivity contribution in [3.05, 3.63) is 0 Å². The molecule has 0 aliphatic carbocycles. The summed E-state index contributed by atoms with van der Waals surface area (Å²) in [5.41, 5.74) is 6.91. The molecule has 0 heterocycles. The Balaban J connectivity index is 3.66. The van der Waals surface area contributed by atoms with Crippen molar-refractivity contribution in [3.8, 4) is 0 Å². The molecule has 3 atom stereocenters. The second kappa shape index (κ2) is 6.15. The Morgan fingerprint density at radius 1 is 1.25 bits per heavy atom. The van der Waals surface area contributed by atoms with Gasteiger partial charge >= 0.3 is 0 Å². The monoisotopic (exact) mass is 170 g/mol. The smallest absolute Gasteiger partial charge is 0.0703 e. The molecule has 0 aromatic heterocycles. The fourth-order valence-corrected chi connectivity index (χ4v) is 1.57. The quantitative estimate of drug-likeness (QED) is 0.587. The van der Waals surface area contributed by atoms with Gasteiger partial charge in [-0.05, 0) is 25.2 Å². The van der Waals surface area contributed by atoms with Crippen LogP contribution >= 0.6 is 0 Å². The molecular weight excluding hydrogens is 148 g/mol. The van der Waals surface area contributed by atoms with Crippen molar-refractivity contribution >= 4 is 0 Å². The minimum absolute atomic E-state index is 0.198. The highest BCUT2D eigenvalue weighted by atomic mass is 15.0. The van der Waals surface area contributed by atoms with Crippen molar-refractivity contribution in [1.29, 1.82) is 5.53 Å². The van der Waals surface area contributed by atoms with E-state index in [1.807, 2.05) is 6.92 Å². The maximum absolute atomic E-state index is 6.91. The molecule has 0 fully saturated rings. The third kappa shape index (κ3) is 4.47. The molecule has 0 rings (SSSR count). The molecule has 0 bridgehead atoms. The highest BCUT2D eigenvalue weighted by Gasteiger charge is 2.13. The Hall–Kier alpha value is -0.400. The Bertz CT molecular complexity index is 123. The van der Waals surface area contributed by atoms with Gasteiger partial charge in [-0.1, -0.05) is 33.6 Å². The van der Waals surface area contributed by atoms with Crippen molar-refractivity contribution < 1.29 is 0 Å². The van der Waals surface area contributed by atoms with Gasteiger partial charge in [0.2, 0.25) is 0 Å². The molecule has 0 radical (unpaired) electrons. The van der Waals surface area contributed by atoms with Gasteiger partial charge in [0, 0.05) is 0 Å². The Kier molecular flexibility index (Phi) is 5.95. The van der Waals surface area contributed by atoms with Gasteiger partial charge in [0.05, 0.1) is 6.04 Å². The molecule has 3 unspecified atom stereocenters. The van der Waals surface area contributed by atoms with E-state index in [2.05, 4.69) is 25.9 Å². The van der Waals surface area contributed by atoms with Crippen LogP contribution in [0, 0.1) is 17.4 Å². The van der Waals surface area contributed by atoms with E-state index in [0.29, 0.717) is 5.92 Å². The number of nitrogens with zero attached hydrogens (tertiary/aromatic N) is 1. The van der Waals surface area contributed by atoms with E-state index in [9.17, 15) is 0 Å². The van der Waals surface area contributed by atoms with E-state index in [-0.39, 0.29) is 6.04 Å². The third-order valence-electron chi connectivity index (χ3n) is 2.58. The first-order valence-corrected chi connectivity index (χ1v) is 4.98. The molecule has 0 aliphatic rings. The summed E-state index contributed by atoms with van der Waals surface area (Å²) in [6, 6.07) is 0.198. The van der Waals surface area contributed by atoms with Gasteiger partial charge in [0.15, 0.2) is 0 Å². The maximum Gasteiger partial charge on any atom is 0.0703 e. The summed E-state index contributed by atoms with van der Waals surface area (Å²) < 4.78 is 0. The minimum Gasteiger partial charge on any atom is -0.210 e. The molecule has 0 amide bonds. The van der Waals surface area contributed by atoms with Crippen LogP contribution in [0.25, 0.3) is 0 Å². The van der Waals surface area contributed by atoms with Gasteiger partial charge < -0.3 is 0 Å². The van der Waals surface area contributed by atoms with Crippen LogP contribution < -0.4 is 0 Å². The first-order valence-electron chi connectivity index (χ1n) is 4.98. The Labute approximate surface area is 76.3 Å². The zero-order valence-electron chi connectivity index (χ0n) is 8.80. The second-order valence-electron chi connectivity index (χ2n) is 3.98. The number of hydrogen-bond donors (Lipinski definition) is 1. The molecule has 2 nitrogen and oxygen atoms in total. The highest BCUT2D eigenvalue weighted by Crippen LogP contribution is 2.20. The summed E-state index contributed by atoms with van der Waals surface area (Å²) in [6.07, 6.45) is 3.77. The summed E-state index contributed by atoms with van der Waals surface area (Å²) in [5.74, 6) is 1.35. The second-order valence-corrected chi connectivity index (χ2v) is 3.98. The molecular formula is C10H22N2. The maximum atomic E-state index is 6.91. The standard InChI is InChI=1S/C10H22N2/c1-5-6-8(2)7-9(3)10(4)12-11/h8-11H,5-7H2,1-4H3. The van der Waals surface area contributed by atoms with E-state index in [0.717, 1.165) is 5.92 Å². The fourth-order valence-electron chi connectivity index (χ4n) is 1.57. The van der Waals surface area contributed by atoms with Crippen LogP contribution in [0.3, 0.4) is 0 Å². The predicted octanol–water partition coefficient (Wildman–Crippen LogP) is 3.87. The van der Waals surface area contributed by atoms with Gasteiger partial charge in [0.25, 0.3) is 0 Å². The number of hydrogen-bond acceptors (Lipinski definition) is 2. The summed E-state index contributed by atoms with van der Waals surface area (Å²) in [6.45, 7) is 8.72. The van der Waals surface area contributed by atoms with Crippen LogP contribution in [0.4, 0.5) is 0 Å². The number of nitrogens with one attached hydrogen (secondary N) is 1. The molecule has 72 valence electrons. The lowest BCUT2D eigenvalue weighted by atomic mass is 9.90. The Morgan fingerprint density at radius 2 is 1.83 bits per heavy atom. The van der Waals surface area contributed by atoms with Crippen LogP contribution in [0.15, 0.2) is 5.11 Å². The fraction of sp³-hybridized carbons (Fsp3) is 1.00. The average Bonchev–Trinajstić information content (AvgIpc) is 2.03. The third-order valence-corrected chi connectivity index (χ3v) is 2.58. The van der Waals surface area contributed by atoms with Gasteiger partial charge in [-0.2, -0.15) is 5.11 Å². The van der Waals surface area contributed by atoms with Crippen LogP contribution in [-0.4, -0.2) is 6.04 Å². The molecule has 0 aromatic rings. The van der Waals surface area contributed by atoms with Crippen LogP contribution in [0.1, 0.15) is 47.0 Å². The van der Waals surface area contributed by atoms with Crippen molar-refractivity contribution in [3.63, 3.8) is 0 Å². The summed E-state index contributed by atoms with van der Waals surface area (Å²) >= 11 is 0. The summed E-state index contributed by atoms with van der Waals surface area (Å²) in [5, 5.41) is 3.55. The number of rotatable bonds is 6. The zero-order valence-corrected chi connectivity index (χ0v) is 8.80. The van der Waals surface area contributed by atoms with Crippen molar-refractivity contribution in [2.24, 2.45) is 17.0 Å². The topological polar surface area (TPSA) is 36.2 Å². The molecule has 0 aliphatic heterocycles. The lowest BCUT2D eigenvalue weighted by Gasteiger charge is -2.18. The summed E-state index contributed by atoms with van der Waals surface area (Å²) in [7, 11) is 0. The van der Waals surface area contributed by atoms with E-state index < -0.39 is 0 Å². The van der Waals surface area contributed by atoms with Crippen LogP contribution in [0.2, 0.25) is 0 Å². The molecule has 0 spiro atoms. The van der Waals surface area contributed by atoms with Gasteiger partial charge in [0.1, 0.15) is 0 Å². The van der Waals surface area contributed by atoms with Crippen molar-refractivity contribution in [2.75, 3.05) is 0 Å². The van der Waals surface area contributed by atoms with Crippen LogP contribution in [-0.2, 0) is 0 Å². The normalized spacial score (nSPS) is 18.3. The van der Waals surface area contributed by atoms with Crippen molar-refractivity contribution in [2.45, 2.75) is 53.0 Å². The highest BCUT2D eigenvalue weighted by molar-refractivity contribution is 4.68. The first-order chi connectivity index (χ1) is 5.61. The lowest BCUT2D eigenvalue weighted by Crippen LogP contribution is -2.14. The van der Waals surface area contributed by atoms with Gasteiger partial charge in [-0.15, -0.1) is 0 Å². The van der Waals surface area contributed by atoms with Crippen LogP contribution in [0.5, 0.6) is 0 Å². The lowest BCUT2D eigenvalue weighted by molar-refractivity contribution is 0.348. The van der Waals surface area contributed by atoms with E-state index in [1.165, 1.54) is 19.3 Å². The molecule has 0 saturated heterocycles. The summed E-state index contributed by atoms with van der Waals surface area (Å²) in [4.78, 5) is 0.